The van der Waals surface area contributed by atoms with Crippen LogP contribution in [0.15, 0.2) is 24.3 Å². The summed E-state index contributed by atoms with van der Waals surface area (Å²) in [7, 11) is -3.81. The highest BCUT2D eigenvalue weighted by Crippen LogP contribution is 2.51. The predicted octanol–water partition coefficient (Wildman–Crippen LogP) is 1.06. The van der Waals surface area contributed by atoms with Gasteiger partial charge in [0.1, 0.15) is 35.7 Å². The van der Waals surface area contributed by atoms with Crippen LogP contribution in [0.25, 0.3) is 0 Å². The minimum Gasteiger partial charge on any atom is -0.481 e. The fraction of sp³-hybridized carbons (Fsp3) is 0.667. The molecule has 2 rings (SSSR count). The number of Topliss-reactive ketones (excluding diaryl/α,β-unsaturated/α-hetero) is 2. The molecule has 1 aliphatic heterocycles. The van der Waals surface area contributed by atoms with Gasteiger partial charge in [0.25, 0.3) is 14.3 Å². The summed E-state index contributed by atoms with van der Waals surface area (Å²) in [6, 6.07) is -0.401. The minimum atomic E-state index is -3.81. The maximum absolute atomic E-state index is 17.2. The average molecular weight is 1470 g/mol. The first kappa shape index (κ1) is 89.2. The first-order valence-electron chi connectivity index (χ1n) is 33.7. The van der Waals surface area contributed by atoms with Gasteiger partial charge in [-0.05, 0) is 78.8 Å². The average Bonchev–Trinajstić information content (AvgIpc) is 0.748. The number of carboxylic acids is 9. The Bertz CT molecular complexity index is 3040. The molecule has 0 saturated carbocycles. The van der Waals surface area contributed by atoms with Crippen LogP contribution < -0.4 is 31.8 Å². The van der Waals surface area contributed by atoms with Gasteiger partial charge < -0.3 is 76.7 Å². The molecule has 1 fully saturated rings. The van der Waals surface area contributed by atoms with Crippen LogP contribution in [0.4, 0.5) is 4.11 Å². The quantitative estimate of drug-likeness (QED) is 0.0246. The number of hydrogen-bond donors (Lipinski definition) is 14. The molecule has 0 aromatic heterocycles. The van der Waals surface area contributed by atoms with E-state index >= 15 is 4.11 Å². The van der Waals surface area contributed by atoms with Gasteiger partial charge >= 0.3 is 53.7 Å². The van der Waals surface area contributed by atoms with Crippen LogP contribution in [0.5, 0.6) is 0 Å². The molecule has 1 aromatic rings. The number of carbonyl (C=O) groups is 16. The van der Waals surface area contributed by atoms with Crippen molar-refractivity contribution in [1.82, 2.24) is 46.2 Å². The van der Waals surface area contributed by atoms with Crippen LogP contribution >= 0.6 is 0 Å². The highest BCUT2D eigenvalue weighted by Gasteiger charge is 2.56. The molecule has 34 nitrogen and oxygen atoms in total. The molecule has 1 aromatic carbocycles. The normalized spacial score (nSPS) is 15.8. The summed E-state index contributed by atoms with van der Waals surface area (Å²) < 4.78 is 17.2. The number of halogens is 1. The lowest BCUT2D eigenvalue weighted by molar-refractivity contribution is -0.147. The van der Waals surface area contributed by atoms with E-state index in [2.05, 4.69) is 26.6 Å². The zero-order chi connectivity index (χ0) is 77.2. The second-order valence-electron chi connectivity index (χ2n) is 27.5. The van der Waals surface area contributed by atoms with Crippen molar-refractivity contribution in [2.24, 2.45) is 11.8 Å². The molecule has 36 heteroatoms. The van der Waals surface area contributed by atoms with Crippen molar-refractivity contribution in [3.63, 3.8) is 0 Å². The molecule has 1 saturated heterocycles. The molecule has 0 radical (unpaired) electrons. The van der Waals surface area contributed by atoms with Crippen LogP contribution in [-0.4, -0.2) is 278 Å². The predicted molar refractivity (Wildman–Crippen MR) is 362 cm³/mol. The smallest absolute Gasteiger partial charge is 0.326 e. The third kappa shape index (κ3) is 33.3. The first-order chi connectivity index (χ1) is 47.5. The molecular formula is C66H102FN9O25Si. The zero-order valence-corrected chi connectivity index (χ0v) is 59.7. The summed E-state index contributed by atoms with van der Waals surface area (Å²) in [6.07, 6.45) is -4.24. The number of carbonyl (C=O) groups excluding carboxylic acids is 7. The van der Waals surface area contributed by atoms with Crippen molar-refractivity contribution >= 4 is 108 Å². The summed E-state index contributed by atoms with van der Waals surface area (Å²) in [5.41, 5.74) is -0.0282. The fourth-order valence-electron chi connectivity index (χ4n) is 12.0. The molecule has 0 bridgehead atoms. The number of carboxylic acid groups (broad SMARTS) is 9. The van der Waals surface area contributed by atoms with Gasteiger partial charge in [-0.2, -0.15) is 0 Å². The van der Waals surface area contributed by atoms with Crippen LogP contribution in [0.3, 0.4) is 0 Å². The Hall–Kier alpha value is -8.87. The molecule has 6 atom stereocenters. The Morgan fingerprint density at radius 3 is 1.31 bits per heavy atom. The highest BCUT2D eigenvalue weighted by molar-refractivity contribution is 6.90. The van der Waals surface area contributed by atoms with Crippen LogP contribution in [0.1, 0.15) is 161 Å². The molecule has 102 heavy (non-hydrogen) atoms. The molecule has 1 aliphatic rings. The third-order valence-corrected chi connectivity index (χ3v) is 22.7. The van der Waals surface area contributed by atoms with Crippen molar-refractivity contribution in [3.8, 4) is 0 Å². The molecule has 14 N–H and O–H groups in total. The molecule has 0 unspecified atom stereocenters. The molecule has 0 aliphatic carbocycles. The van der Waals surface area contributed by atoms with E-state index in [1.165, 1.54) is 43.9 Å². The maximum atomic E-state index is 17.2. The molecule has 0 spiro atoms. The van der Waals surface area contributed by atoms with Gasteiger partial charge in [-0.3, -0.25) is 86.7 Å². The summed E-state index contributed by atoms with van der Waals surface area (Å²) in [4.78, 5) is 205. The van der Waals surface area contributed by atoms with Gasteiger partial charge in [-0.1, -0.05) is 60.1 Å². The number of hydrogen-bond acceptors (Lipinski definition) is 20. The Kier molecular flexibility index (Phi) is 38.3. The van der Waals surface area contributed by atoms with Gasteiger partial charge in [0.05, 0.1) is 31.5 Å². The lowest BCUT2D eigenvalue weighted by Gasteiger charge is -2.44. The number of aliphatic carboxylic acids is 9. The van der Waals surface area contributed by atoms with E-state index in [0.717, 1.165) is 0 Å². The van der Waals surface area contributed by atoms with E-state index in [0.29, 0.717) is 5.19 Å². The summed E-state index contributed by atoms with van der Waals surface area (Å²) in [6.45, 7) is 8.74. The number of nitrogens with zero attached hydrogens (tertiary/aromatic N) is 4. The second kappa shape index (κ2) is 43.8. The van der Waals surface area contributed by atoms with Crippen molar-refractivity contribution in [1.29, 1.82) is 0 Å². The number of unbranched alkanes of at least 4 members (excludes halogenated alkanes) is 2. The Labute approximate surface area is 591 Å². The number of rotatable bonds is 46. The fourth-order valence-corrected chi connectivity index (χ4v) is 16.6. The zero-order valence-electron chi connectivity index (χ0n) is 58.7. The number of nitrogens with one attached hydrogen (secondary N) is 5. The van der Waals surface area contributed by atoms with Gasteiger partial charge in [0.15, 0.2) is 0 Å². The van der Waals surface area contributed by atoms with Gasteiger partial charge in [-0.25, -0.2) is 9.59 Å². The van der Waals surface area contributed by atoms with Crippen LogP contribution in [0, 0.1) is 11.8 Å². The van der Waals surface area contributed by atoms with E-state index < -0.39 is 208 Å². The van der Waals surface area contributed by atoms with E-state index in [1.54, 1.807) is 41.5 Å². The Balaban J connectivity index is 2.13. The van der Waals surface area contributed by atoms with E-state index in [9.17, 15) is 118 Å². The van der Waals surface area contributed by atoms with E-state index in [-0.39, 0.29) is 141 Å². The standard InChI is InChI=1S/C66H102FN9O25Si/c1-65(2,3)102(67,66(4,5)6)46-19-14-41(15-20-46)58(90)72-49(37-69-52(80)24-21-50(64(100)101)76-33-31-74(39-56(86)87)29-27-73(38-55(84)85)28-30-75(32-34-76)40-57(88)89)59(91)71-48(63(98)99)13-9-10-26-68-51(79)23-18-44(77)11-7-8-12-47(62(96)97)70-53(81)22-16-42(60(92)93)35-45(78)36-43(61(94)95)17-25-54(82)83/h14-15,19-20,42-43,47-50H,7-13,16-18,21-40H2,1-6H3,(H,68,79)(H,69,80)(H,70,81)(H,71,91)(H,72,90)(H,82,83)(H,84,85)(H,86,87)(H,88,89)(H,92,93)(H,94,95)(H,96,97)(H,98,99)(H,100,101)/t42-,43-,47+,48+,49-,50+/m1/s1. The molecule has 5 amide bonds. The van der Waals surface area contributed by atoms with Crippen molar-refractivity contribution in [3.05, 3.63) is 29.8 Å². The van der Waals surface area contributed by atoms with Crippen molar-refractivity contribution < 1.29 is 127 Å². The van der Waals surface area contributed by atoms with Crippen LogP contribution in [0.2, 0.25) is 10.1 Å². The molecule has 1 heterocycles. The largest absolute Gasteiger partial charge is 0.481 e. The summed E-state index contributed by atoms with van der Waals surface area (Å²) >= 11 is 0. The lowest BCUT2D eigenvalue weighted by atomic mass is 9.90. The topological polar surface area (TPSA) is 528 Å². The van der Waals surface area contributed by atoms with Gasteiger partial charge in [0.2, 0.25) is 23.6 Å². The molecular weight excluding hydrogens is 1370 g/mol. The maximum Gasteiger partial charge on any atom is 0.326 e. The highest BCUT2D eigenvalue weighted by atomic mass is 28.4. The summed E-state index contributed by atoms with van der Waals surface area (Å²) in [5.74, 6) is -20.1. The minimum absolute atomic E-state index is 0.0109. The SMILES string of the molecule is CC(C)(C)[Si](F)(c1ccc(C(=O)N[C@H](CNC(=O)CC[C@@H](C(=O)O)N2CCN(CC(=O)O)CCN(CC(=O)O)CCN(CC(=O)O)CC2)C(=O)N[C@@H](CCCCNC(=O)CCC(=O)CCCC[C@H](NC(=O)CC[C@H](CC(=O)C[C@@H](CCC(=O)O)C(=O)O)C(=O)O)C(=O)O)C(=O)O)cc1)C(C)(C)C. The third-order valence-electron chi connectivity index (χ3n) is 17.4. The Morgan fingerprint density at radius 2 is 0.873 bits per heavy atom. The Morgan fingerprint density at radius 1 is 0.431 bits per heavy atom. The van der Waals surface area contributed by atoms with E-state index in [4.69, 9.17) is 5.11 Å². The number of amides is 5. The van der Waals surface area contributed by atoms with Crippen molar-refractivity contribution in [2.45, 2.75) is 185 Å². The van der Waals surface area contributed by atoms with Gasteiger partial charge in [0, 0.05) is 122 Å². The van der Waals surface area contributed by atoms with E-state index in [1.807, 2.05) is 0 Å². The van der Waals surface area contributed by atoms with Crippen molar-refractivity contribution in [2.75, 3.05) is 85.1 Å². The number of benzene rings is 1. The van der Waals surface area contributed by atoms with Crippen LogP contribution in [-0.2, 0) is 71.9 Å². The monoisotopic (exact) mass is 1470 g/mol. The number of ketones is 2. The second-order valence-corrected chi connectivity index (χ2v) is 32.4. The lowest BCUT2D eigenvalue weighted by Crippen LogP contribution is -2.58. The molecule has 572 valence electrons. The van der Waals surface area contributed by atoms with Gasteiger partial charge in [-0.15, -0.1) is 0 Å². The summed E-state index contributed by atoms with van der Waals surface area (Å²) in [5, 5.41) is 98.2. The first-order valence-corrected chi connectivity index (χ1v) is 35.6.